The fourth-order valence-electron chi connectivity index (χ4n) is 1.81. The molecule has 0 heterocycles. The van der Waals surface area contributed by atoms with Gasteiger partial charge in [-0.3, -0.25) is 0 Å². The van der Waals surface area contributed by atoms with Gasteiger partial charge in [0.05, 0.1) is 5.02 Å². The third-order valence-corrected chi connectivity index (χ3v) is 3.59. The molecule has 112 valence electrons. The maximum absolute atomic E-state index is 6.31. The van der Waals surface area contributed by atoms with Crippen molar-refractivity contribution in [2.24, 2.45) is 0 Å². The van der Waals surface area contributed by atoms with Crippen molar-refractivity contribution in [3.8, 4) is 11.5 Å². The Morgan fingerprint density at radius 1 is 0.905 bits per heavy atom. The lowest BCUT2D eigenvalue weighted by molar-refractivity contribution is 0.414. The van der Waals surface area contributed by atoms with E-state index in [-0.39, 0.29) is 5.54 Å². The number of ether oxygens (including phenoxy) is 1. The van der Waals surface area contributed by atoms with Gasteiger partial charge in [0.2, 0.25) is 0 Å². The summed E-state index contributed by atoms with van der Waals surface area (Å²) in [7, 11) is 0. The van der Waals surface area contributed by atoms with Crippen LogP contribution in [-0.4, -0.2) is 5.54 Å². The van der Waals surface area contributed by atoms with Crippen LogP contribution in [0.25, 0.3) is 0 Å². The van der Waals surface area contributed by atoms with E-state index in [1.54, 1.807) is 6.07 Å². The van der Waals surface area contributed by atoms with Crippen molar-refractivity contribution in [3.05, 3.63) is 58.1 Å². The van der Waals surface area contributed by atoms with E-state index in [2.05, 4.69) is 26.1 Å². The molecule has 0 aliphatic heterocycles. The minimum absolute atomic E-state index is 0.000826. The van der Waals surface area contributed by atoms with Crippen molar-refractivity contribution >= 4 is 23.2 Å². The van der Waals surface area contributed by atoms with Gasteiger partial charge in [-0.25, -0.2) is 0 Å². The van der Waals surface area contributed by atoms with Gasteiger partial charge in [-0.2, -0.15) is 0 Å². The first kappa shape index (κ1) is 16.2. The molecule has 0 fully saturated rings. The Hall–Kier alpha value is -1.22. The highest BCUT2D eigenvalue weighted by atomic mass is 35.5. The third-order valence-electron chi connectivity index (χ3n) is 2.93. The Kier molecular flexibility index (Phi) is 5.15. The molecule has 2 aromatic rings. The molecule has 2 nitrogen and oxygen atoms in total. The molecule has 0 bridgehead atoms. The molecule has 1 N–H and O–H groups in total. The highest BCUT2D eigenvalue weighted by Crippen LogP contribution is 2.34. The summed E-state index contributed by atoms with van der Waals surface area (Å²) in [6, 6.07) is 13.0. The minimum atomic E-state index is 0.000826. The summed E-state index contributed by atoms with van der Waals surface area (Å²) < 4.78 is 5.93. The van der Waals surface area contributed by atoms with E-state index >= 15 is 0 Å². The Morgan fingerprint density at radius 3 is 2.19 bits per heavy atom. The lowest BCUT2D eigenvalue weighted by atomic mass is 10.1. The highest BCUT2D eigenvalue weighted by molar-refractivity contribution is 6.32. The number of rotatable bonds is 4. The number of hydrogen-bond donors (Lipinski definition) is 1. The second-order valence-corrected chi connectivity index (χ2v) is 6.67. The molecule has 21 heavy (non-hydrogen) atoms. The summed E-state index contributed by atoms with van der Waals surface area (Å²) in [5, 5.41) is 4.68. The topological polar surface area (TPSA) is 21.3 Å². The molecular formula is C17H19Cl2NO. The predicted octanol–water partition coefficient (Wildman–Crippen LogP) is 5.67. The van der Waals surface area contributed by atoms with E-state index in [4.69, 9.17) is 27.9 Å². The van der Waals surface area contributed by atoms with Crippen LogP contribution in [0.3, 0.4) is 0 Å². The van der Waals surface area contributed by atoms with E-state index in [0.717, 1.165) is 5.56 Å². The van der Waals surface area contributed by atoms with Crippen LogP contribution in [0.4, 0.5) is 0 Å². The molecule has 2 rings (SSSR count). The van der Waals surface area contributed by atoms with E-state index in [1.807, 2.05) is 36.4 Å². The van der Waals surface area contributed by atoms with Crippen LogP contribution < -0.4 is 10.1 Å². The zero-order chi connectivity index (χ0) is 15.5. The Bertz CT molecular complexity index is 620. The molecule has 0 saturated heterocycles. The number of hydrogen-bond acceptors (Lipinski definition) is 2. The zero-order valence-corrected chi connectivity index (χ0v) is 13.9. The van der Waals surface area contributed by atoms with Gasteiger partial charge in [-0.15, -0.1) is 0 Å². The van der Waals surface area contributed by atoms with Crippen LogP contribution in [0, 0.1) is 0 Å². The molecular weight excluding hydrogens is 305 g/mol. The summed E-state index contributed by atoms with van der Waals surface area (Å²) in [4.78, 5) is 0. The Labute approximate surface area is 136 Å². The first-order valence-corrected chi connectivity index (χ1v) is 7.57. The van der Waals surface area contributed by atoms with Crippen LogP contribution in [-0.2, 0) is 6.54 Å². The maximum Gasteiger partial charge on any atom is 0.146 e. The van der Waals surface area contributed by atoms with Crippen LogP contribution in [0.2, 0.25) is 10.0 Å². The first-order valence-electron chi connectivity index (χ1n) is 6.81. The van der Waals surface area contributed by atoms with E-state index in [9.17, 15) is 0 Å². The van der Waals surface area contributed by atoms with Gasteiger partial charge in [0.1, 0.15) is 11.5 Å². The summed E-state index contributed by atoms with van der Waals surface area (Å²) in [5.41, 5.74) is 0.926. The van der Waals surface area contributed by atoms with Crippen molar-refractivity contribution in [3.63, 3.8) is 0 Å². The number of nitrogens with one attached hydrogen (secondary N) is 1. The molecule has 0 aliphatic carbocycles. The van der Waals surface area contributed by atoms with Crippen LogP contribution >= 0.6 is 23.2 Å². The Morgan fingerprint density at radius 2 is 1.52 bits per heavy atom. The van der Waals surface area contributed by atoms with Crippen LogP contribution in [0.15, 0.2) is 42.5 Å². The van der Waals surface area contributed by atoms with Gasteiger partial charge in [0.25, 0.3) is 0 Å². The van der Waals surface area contributed by atoms with Gasteiger partial charge in [0, 0.05) is 22.7 Å². The van der Waals surface area contributed by atoms with Crippen LogP contribution in [0.5, 0.6) is 11.5 Å². The standard InChI is InChI=1S/C17H19Cl2NO/c1-17(2,3)20-11-12-13(18)8-6-10-15(12)21-16-9-5-4-7-14(16)19/h4-10,20H,11H2,1-3H3. The van der Waals surface area contributed by atoms with Gasteiger partial charge < -0.3 is 10.1 Å². The molecule has 0 amide bonds. The number of benzene rings is 2. The smallest absolute Gasteiger partial charge is 0.146 e. The number of halogens is 2. The average molecular weight is 324 g/mol. The molecule has 0 unspecified atom stereocenters. The summed E-state index contributed by atoms with van der Waals surface area (Å²) in [5.74, 6) is 1.34. The van der Waals surface area contributed by atoms with E-state index < -0.39 is 0 Å². The lowest BCUT2D eigenvalue weighted by Crippen LogP contribution is -2.35. The third kappa shape index (κ3) is 4.63. The van der Waals surface area contributed by atoms with Crippen LogP contribution in [0.1, 0.15) is 26.3 Å². The second kappa shape index (κ2) is 6.69. The predicted molar refractivity (Wildman–Crippen MR) is 89.6 cm³/mol. The SMILES string of the molecule is CC(C)(C)NCc1c(Cl)cccc1Oc1ccccc1Cl. The molecule has 0 spiro atoms. The average Bonchev–Trinajstić information content (AvgIpc) is 2.39. The Balaban J connectivity index is 2.27. The largest absolute Gasteiger partial charge is 0.455 e. The van der Waals surface area contributed by atoms with Gasteiger partial charge in [-0.05, 0) is 45.0 Å². The summed E-state index contributed by atoms with van der Waals surface area (Å²) >= 11 is 12.5. The highest BCUT2D eigenvalue weighted by Gasteiger charge is 2.14. The van der Waals surface area contributed by atoms with Crippen molar-refractivity contribution in [2.45, 2.75) is 32.9 Å². The molecule has 0 atom stereocenters. The summed E-state index contributed by atoms with van der Waals surface area (Å²) in [6.45, 7) is 6.96. The van der Waals surface area contributed by atoms with Gasteiger partial charge >= 0.3 is 0 Å². The fraction of sp³-hybridized carbons (Fsp3) is 0.294. The molecule has 2 aromatic carbocycles. The van der Waals surface area contributed by atoms with E-state index in [0.29, 0.717) is 28.1 Å². The monoisotopic (exact) mass is 323 g/mol. The first-order chi connectivity index (χ1) is 9.87. The lowest BCUT2D eigenvalue weighted by Gasteiger charge is -2.22. The molecule has 0 saturated carbocycles. The molecule has 0 aliphatic rings. The molecule has 0 radical (unpaired) electrons. The second-order valence-electron chi connectivity index (χ2n) is 5.85. The summed E-state index contributed by atoms with van der Waals surface area (Å²) in [6.07, 6.45) is 0. The molecule has 0 aromatic heterocycles. The van der Waals surface area contributed by atoms with Crippen molar-refractivity contribution < 1.29 is 4.74 Å². The normalized spacial score (nSPS) is 11.5. The van der Waals surface area contributed by atoms with Gasteiger partial charge in [-0.1, -0.05) is 41.4 Å². The van der Waals surface area contributed by atoms with Gasteiger partial charge in [0.15, 0.2) is 0 Å². The van der Waals surface area contributed by atoms with E-state index in [1.165, 1.54) is 0 Å². The molecule has 4 heteroatoms. The quantitative estimate of drug-likeness (QED) is 0.782. The zero-order valence-electron chi connectivity index (χ0n) is 12.4. The maximum atomic E-state index is 6.31. The minimum Gasteiger partial charge on any atom is -0.455 e. The van der Waals surface area contributed by atoms with Crippen molar-refractivity contribution in [1.82, 2.24) is 5.32 Å². The van der Waals surface area contributed by atoms with Crippen molar-refractivity contribution in [2.75, 3.05) is 0 Å². The number of para-hydroxylation sites is 1. The fourth-order valence-corrected chi connectivity index (χ4v) is 2.21. The van der Waals surface area contributed by atoms with Crippen molar-refractivity contribution in [1.29, 1.82) is 0 Å².